The van der Waals surface area contributed by atoms with Gasteiger partial charge < -0.3 is 15.2 Å². The zero-order valence-electron chi connectivity index (χ0n) is 10.5. The number of aliphatic hydroxyl groups is 1. The van der Waals surface area contributed by atoms with Crippen LogP contribution in [-0.4, -0.2) is 37.0 Å². The molecule has 3 heteroatoms. The van der Waals surface area contributed by atoms with E-state index in [1.165, 1.54) is 6.42 Å². The molecule has 0 aliphatic carbocycles. The monoisotopic (exact) mass is 217 g/mol. The first-order valence-electron chi connectivity index (χ1n) is 6.20. The SMILES string of the molecule is CCCNC(CO)CCOC(C)CCC. The van der Waals surface area contributed by atoms with Gasteiger partial charge in [-0.15, -0.1) is 0 Å². The number of ether oxygens (including phenoxy) is 1. The molecule has 0 aromatic rings. The normalized spacial score (nSPS) is 15.2. The average Bonchev–Trinajstić information content (AvgIpc) is 2.23. The van der Waals surface area contributed by atoms with E-state index >= 15 is 0 Å². The quantitative estimate of drug-likeness (QED) is 0.587. The molecule has 3 nitrogen and oxygen atoms in total. The molecule has 0 aromatic heterocycles. The summed E-state index contributed by atoms with van der Waals surface area (Å²) in [4.78, 5) is 0. The fourth-order valence-corrected chi connectivity index (χ4v) is 1.51. The zero-order chi connectivity index (χ0) is 11.5. The predicted octanol–water partition coefficient (Wildman–Crippen LogP) is 1.94. The summed E-state index contributed by atoms with van der Waals surface area (Å²) in [5.41, 5.74) is 0. The van der Waals surface area contributed by atoms with Gasteiger partial charge in [-0.3, -0.25) is 0 Å². The van der Waals surface area contributed by atoms with Crippen molar-refractivity contribution < 1.29 is 9.84 Å². The second-order valence-electron chi connectivity index (χ2n) is 4.09. The van der Waals surface area contributed by atoms with E-state index in [4.69, 9.17) is 9.84 Å². The summed E-state index contributed by atoms with van der Waals surface area (Å²) >= 11 is 0. The maximum atomic E-state index is 9.10. The molecule has 0 saturated carbocycles. The van der Waals surface area contributed by atoms with Gasteiger partial charge in [0.05, 0.1) is 12.7 Å². The van der Waals surface area contributed by atoms with Gasteiger partial charge in [0.25, 0.3) is 0 Å². The third kappa shape index (κ3) is 8.85. The molecular weight excluding hydrogens is 190 g/mol. The Labute approximate surface area is 94.2 Å². The van der Waals surface area contributed by atoms with Crippen molar-refractivity contribution in [3.05, 3.63) is 0 Å². The van der Waals surface area contributed by atoms with Gasteiger partial charge in [0.1, 0.15) is 0 Å². The maximum absolute atomic E-state index is 9.10. The number of aliphatic hydroxyl groups excluding tert-OH is 1. The summed E-state index contributed by atoms with van der Waals surface area (Å²) < 4.78 is 5.64. The summed E-state index contributed by atoms with van der Waals surface area (Å²) in [7, 11) is 0. The largest absolute Gasteiger partial charge is 0.395 e. The van der Waals surface area contributed by atoms with E-state index in [9.17, 15) is 0 Å². The van der Waals surface area contributed by atoms with Gasteiger partial charge in [-0.2, -0.15) is 0 Å². The van der Waals surface area contributed by atoms with Crippen LogP contribution in [0.15, 0.2) is 0 Å². The molecule has 0 rings (SSSR count). The molecule has 0 fully saturated rings. The third-order valence-electron chi connectivity index (χ3n) is 2.47. The van der Waals surface area contributed by atoms with Gasteiger partial charge in [0, 0.05) is 12.6 Å². The molecule has 0 amide bonds. The van der Waals surface area contributed by atoms with E-state index in [0.29, 0.717) is 6.10 Å². The number of rotatable bonds is 10. The minimum Gasteiger partial charge on any atom is -0.395 e. The maximum Gasteiger partial charge on any atom is 0.0585 e. The van der Waals surface area contributed by atoms with Crippen LogP contribution in [-0.2, 0) is 4.74 Å². The molecule has 2 atom stereocenters. The third-order valence-corrected chi connectivity index (χ3v) is 2.47. The fraction of sp³-hybridized carbons (Fsp3) is 1.00. The van der Waals surface area contributed by atoms with Gasteiger partial charge in [-0.1, -0.05) is 20.3 Å². The molecule has 15 heavy (non-hydrogen) atoms. The van der Waals surface area contributed by atoms with Crippen LogP contribution in [0, 0.1) is 0 Å². The Hall–Kier alpha value is -0.120. The summed E-state index contributed by atoms with van der Waals surface area (Å²) in [6.07, 6.45) is 4.62. The Morgan fingerprint density at radius 2 is 1.93 bits per heavy atom. The predicted molar refractivity (Wildman–Crippen MR) is 64.1 cm³/mol. The highest BCUT2D eigenvalue weighted by atomic mass is 16.5. The molecule has 0 radical (unpaired) electrons. The van der Waals surface area contributed by atoms with Gasteiger partial charge in [0.15, 0.2) is 0 Å². The standard InChI is InChI=1S/C12H27NO2/c1-4-6-11(3)15-9-7-12(10-14)13-8-5-2/h11-14H,4-10H2,1-3H3. The summed E-state index contributed by atoms with van der Waals surface area (Å²) in [5.74, 6) is 0. The Kier molecular flexibility index (Phi) is 10.3. The van der Waals surface area contributed by atoms with Gasteiger partial charge >= 0.3 is 0 Å². The average molecular weight is 217 g/mol. The van der Waals surface area contributed by atoms with Crippen molar-refractivity contribution in [2.24, 2.45) is 0 Å². The van der Waals surface area contributed by atoms with Crippen molar-refractivity contribution in [3.63, 3.8) is 0 Å². The van der Waals surface area contributed by atoms with E-state index in [-0.39, 0.29) is 12.6 Å². The molecule has 92 valence electrons. The highest BCUT2D eigenvalue weighted by Gasteiger charge is 2.07. The lowest BCUT2D eigenvalue weighted by Gasteiger charge is -2.17. The van der Waals surface area contributed by atoms with E-state index in [2.05, 4.69) is 26.1 Å². The first-order valence-corrected chi connectivity index (χ1v) is 6.20. The molecule has 0 aliphatic heterocycles. The lowest BCUT2D eigenvalue weighted by molar-refractivity contribution is 0.0494. The first-order chi connectivity index (χ1) is 7.24. The van der Waals surface area contributed by atoms with Crippen molar-refractivity contribution in [2.75, 3.05) is 19.8 Å². The zero-order valence-corrected chi connectivity index (χ0v) is 10.5. The topological polar surface area (TPSA) is 41.5 Å². The fourth-order valence-electron chi connectivity index (χ4n) is 1.51. The molecule has 0 aliphatic rings. The van der Waals surface area contributed by atoms with Crippen LogP contribution in [0.2, 0.25) is 0 Å². The summed E-state index contributed by atoms with van der Waals surface area (Å²) in [6, 6.07) is 0.193. The molecule has 2 unspecified atom stereocenters. The van der Waals surface area contributed by atoms with E-state index < -0.39 is 0 Å². The summed E-state index contributed by atoms with van der Waals surface area (Å²) in [5, 5.41) is 12.4. The van der Waals surface area contributed by atoms with Crippen molar-refractivity contribution in [2.45, 2.75) is 58.6 Å². The van der Waals surface area contributed by atoms with E-state index in [1.54, 1.807) is 0 Å². The number of hydrogen-bond acceptors (Lipinski definition) is 3. The molecule has 0 heterocycles. The molecule has 0 bridgehead atoms. The Morgan fingerprint density at radius 3 is 2.47 bits per heavy atom. The minimum atomic E-state index is 0.193. The van der Waals surface area contributed by atoms with Gasteiger partial charge in [-0.25, -0.2) is 0 Å². The highest BCUT2D eigenvalue weighted by Crippen LogP contribution is 2.02. The van der Waals surface area contributed by atoms with Crippen LogP contribution in [0.4, 0.5) is 0 Å². The van der Waals surface area contributed by atoms with Crippen molar-refractivity contribution in [1.82, 2.24) is 5.32 Å². The minimum absolute atomic E-state index is 0.193. The van der Waals surface area contributed by atoms with Gasteiger partial charge in [0.2, 0.25) is 0 Å². The first kappa shape index (κ1) is 14.9. The van der Waals surface area contributed by atoms with Crippen LogP contribution in [0.5, 0.6) is 0 Å². The van der Waals surface area contributed by atoms with Crippen LogP contribution >= 0.6 is 0 Å². The van der Waals surface area contributed by atoms with Crippen LogP contribution in [0.3, 0.4) is 0 Å². The van der Waals surface area contributed by atoms with Crippen LogP contribution in [0.25, 0.3) is 0 Å². The van der Waals surface area contributed by atoms with Crippen molar-refractivity contribution >= 4 is 0 Å². The number of nitrogens with one attached hydrogen (secondary N) is 1. The second-order valence-corrected chi connectivity index (χ2v) is 4.09. The Morgan fingerprint density at radius 1 is 1.20 bits per heavy atom. The molecule has 0 saturated heterocycles. The lowest BCUT2D eigenvalue weighted by atomic mass is 10.2. The second kappa shape index (κ2) is 10.4. The van der Waals surface area contributed by atoms with Crippen LogP contribution < -0.4 is 5.32 Å². The van der Waals surface area contributed by atoms with Crippen molar-refractivity contribution in [3.8, 4) is 0 Å². The van der Waals surface area contributed by atoms with E-state index in [0.717, 1.165) is 32.4 Å². The molecule has 0 aromatic carbocycles. The molecular formula is C12H27NO2. The van der Waals surface area contributed by atoms with Crippen molar-refractivity contribution in [1.29, 1.82) is 0 Å². The highest BCUT2D eigenvalue weighted by molar-refractivity contribution is 4.64. The van der Waals surface area contributed by atoms with E-state index in [1.807, 2.05) is 0 Å². The molecule has 2 N–H and O–H groups in total. The summed E-state index contributed by atoms with van der Waals surface area (Å²) in [6.45, 7) is 8.31. The molecule has 0 spiro atoms. The Balaban J connectivity index is 3.44. The smallest absolute Gasteiger partial charge is 0.0585 e. The lowest BCUT2D eigenvalue weighted by Crippen LogP contribution is -2.34. The van der Waals surface area contributed by atoms with Gasteiger partial charge in [-0.05, 0) is 32.7 Å². The van der Waals surface area contributed by atoms with Crippen LogP contribution in [0.1, 0.15) is 46.5 Å². The number of hydrogen-bond donors (Lipinski definition) is 2. The Bertz CT molecular complexity index is 131.